The Bertz CT molecular complexity index is 274. The molecule has 1 aromatic rings. The summed E-state index contributed by atoms with van der Waals surface area (Å²) < 4.78 is 0. The Balaban J connectivity index is 2.39. The van der Waals surface area contributed by atoms with Gasteiger partial charge in [-0.25, -0.2) is 0 Å². The third-order valence-corrected chi connectivity index (χ3v) is 2.21. The highest BCUT2D eigenvalue weighted by atomic mass is 15.1. The molecule has 1 N–H and O–H groups in total. The molecule has 58 valence electrons. The minimum Gasteiger partial charge on any atom is -0.307 e. The van der Waals surface area contributed by atoms with Crippen molar-refractivity contribution in [2.45, 2.75) is 19.9 Å². The molecule has 0 aliphatic carbocycles. The fourth-order valence-corrected chi connectivity index (χ4v) is 1.50. The summed E-state index contributed by atoms with van der Waals surface area (Å²) in [4.78, 5) is 0. The van der Waals surface area contributed by atoms with Gasteiger partial charge in [0.1, 0.15) is 0 Å². The van der Waals surface area contributed by atoms with E-state index in [-0.39, 0.29) is 0 Å². The van der Waals surface area contributed by atoms with Gasteiger partial charge in [-0.05, 0) is 25.0 Å². The highest BCUT2D eigenvalue weighted by Crippen LogP contribution is 2.24. The summed E-state index contributed by atoms with van der Waals surface area (Å²) in [5, 5.41) is 3.31. The van der Waals surface area contributed by atoms with Crippen LogP contribution >= 0.6 is 0 Å². The Hall–Kier alpha value is -0.820. The van der Waals surface area contributed by atoms with Crippen molar-refractivity contribution in [3.05, 3.63) is 34.9 Å². The molecule has 0 saturated carbocycles. The molecule has 0 spiro atoms. The van der Waals surface area contributed by atoms with Crippen molar-refractivity contribution < 1.29 is 0 Å². The summed E-state index contributed by atoms with van der Waals surface area (Å²) in [7, 11) is 0. The summed E-state index contributed by atoms with van der Waals surface area (Å²) in [5.74, 6) is 0. The lowest BCUT2D eigenvalue weighted by molar-refractivity contribution is 1.05. The minimum absolute atomic E-state index is 0.649. The van der Waals surface area contributed by atoms with Gasteiger partial charge in [-0.1, -0.05) is 23.8 Å². The second kappa shape index (κ2) is 2.35. The molecule has 1 aromatic carbocycles. The van der Waals surface area contributed by atoms with Crippen LogP contribution in [0.5, 0.6) is 0 Å². The summed E-state index contributed by atoms with van der Waals surface area (Å²) in [6, 6.07) is 7.31. The van der Waals surface area contributed by atoms with Gasteiger partial charge in [-0.15, -0.1) is 0 Å². The number of rotatable bonds is 1. The van der Waals surface area contributed by atoms with Gasteiger partial charge in [0.15, 0.2) is 0 Å². The van der Waals surface area contributed by atoms with Crippen LogP contribution in [-0.2, 0) is 0 Å². The van der Waals surface area contributed by atoms with Gasteiger partial charge in [0.05, 0.1) is 0 Å². The average Bonchev–Trinajstić information content (AvgIpc) is 2.70. The Kier molecular flexibility index (Phi) is 1.46. The van der Waals surface area contributed by atoms with Crippen LogP contribution < -0.4 is 5.32 Å². The zero-order valence-corrected chi connectivity index (χ0v) is 7.02. The van der Waals surface area contributed by atoms with Crippen LogP contribution in [0.25, 0.3) is 0 Å². The first-order chi connectivity index (χ1) is 5.27. The van der Waals surface area contributed by atoms with E-state index in [4.69, 9.17) is 0 Å². The first-order valence-corrected chi connectivity index (χ1v) is 4.08. The molecule has 0 amide bonds. The summed E-state index contributed by atoms with van der Waals surface area (Å²) in [5.41, 5.74) is 4.24. The van der Waals surface area contributed by atoms with Crippen molar-refractivity contribution in [3.63, 3.8) is 0 Å². The van der Waals surface area contributed by atoms with E-state index >= 15 is 0 Å². The van der Waals surface area contributed by atoms with Crippen LogP contribution in [0.1, 0.15) is 22.7 Å². The zero-order chi connectivity index (χ0) is 7.84. The molecular weight excluding hydrogens is 134 g/mol. The minimum atomic E-state index is 0.649. The number of nitrogens with one attached hydrogen (secondary N) is 1. The fourth-order valence-electron chi connectivity index (χ4n) is 1.50. The van der Waals surface area contributed by atoms with E-state index in [1.54, 1.807) is 0 Å². The van der Waals surface area contributed by atoms with Crippen molar-refractivity contribution in [2.75, 3.05) is 6.54 Å². The van der Waals surface area contributed by atoms with Gasteiger partial charge in [0.25, 0.3) is 0 Å². The molecule has 1 atom stereocenters. The molecule has 0 bridgehead atoms. The lowest BCUT2D eigenvalue weighted by Crippen LogP contribution is -1.89. The van der Waals surface area contributed by atoms with E-state index in [9.17, 15) is 0 Å². The second-order valence-electron chi connectivity index (χ2n) is 3.32. The lowest BCUT2D eigenvalue weighted by Gasteiger charge is -2.02. The molecule has 11 heavy (non-hydrogen) atoms. The molecule has 1 heterocycles. The molecule has 1 aliphatic heterocycles. The number of hydrogen-bond donors (Lipinski definition) is 1. The monoisotopic (exact) mass is 147 g/mol. The van der Waals surface area contributed by atoms with Crippen LogP contribution in [-0.4, -0.2) is 6.54 Å². The molecule has 0 aromatic heterocycles. The molecule has 1 saturated heterocycles. The first-order valence-electron chi connectivity index (χ1n) is 4.08. The van der Waals surface area contributed by atoms with Gasteiger partial charge in [-0.2, -0.15) is 0 Å². The highest BCUT2D eigenvalue weighted by Gasteiger charge is 2.23. The summed E-state index contributed by atoms with van der Waals surface area (Å²) in [6.45, 7) is 5.48. The Morgan fingerprint density at radius 2 is 2.09 bits per heavy atom. The Labute approximate surface area is 67.4 Å². The predicted octanol–water partition coefficient (Wildman–Crippen LogP) is 1.95. The van der Waals surface area contributed by atoms with Gasteiger partial charge in [-0.3, -0.25) is 0 Å². The standard InChI is InChI=1S/C10H13N/c1-7-3-4-9(8(2)5-7)10-6-11-10/h3-5,10-11H,6H2,1-2H3/t10-/m1/s1. The topological polar surface area (TPSA) is 21.9 Å². The maximum atomic E-state index is 3.31. The third kappa shape index (κ3) is 1.29. The normalized spacial score (nSPS) is 21.8. The van der Waals surface area contributed by atoms with Crippen LogP contribution in [0.4, 0.5) is 0 Å². The number of hydrogen-bond acceptors (Lipinski definition) is 1. The van der Waals surface area contributed by atoms with E-state index < -0.39 is 0 Å². The number of benzene rings is 1. The molecule has 2 rings (SSSR count). The Morgan fingerprint density at radius 3 is 2.64 bits per heavy atom. The smallest absolute Gasteiger partial charge is 0.0450 e. The van der Waals surface area contributed by atoms with Crippen molar-refractivity contribution >= 4 is 0 Å². The van der Waals surface area contributed by atoms with E-state index in [1.807, 2.05) is 0 Å². The maximum absolute atomic E-state index is 3.31. The van der Waals surface area contributed by atoms with Crippen LogP contribution in [0, 0.1) is 13.8 Å². The van der Waals surface area contributed by atoms with Gasteiger partial charge in [0, 0.05) is 12.6 Å². The Morgan fingerprint density at radius 1 is 1.36 bits per heavy atom. The molecule has 0 unspecified atom stereocenters. The second-order valence-corrected chi connectivity index (χ2v) is 3.32. The molecule has 1 nitrogen and oxygen atoms in total. The molecular formula is C10H13N. The quantitative estimate of drug-likeness (QED) is 0.602. The van der Waals surface area contributed by atoms with E-state index in [2.05, 4.69) is 37.4 Å². The van der Waals surface area contributed by atoms with Crippen molar-refractivity contribution in [1.29, 1.82) is 0 Å². The van der Waals surface area contributed by atoms with Crippen molar-refractivity contribution in [2.24, 2.45) is 0 Å². The van der Waals surface area contributed by atoms with Gasteiger partial charge >= 0.3 is 0 Å². The summed E-state index contributed by atoms with van der Waals surface area (Å²) in [6.07, 6.45) is 0. The highest BCUT2D eigenvalue weighted by molar-refractivity contribution is 5.35. The molecule has 1 fully saturated rings. The number of aryl methyl sites for hydroxylation is 2. The largest absolute Gasteiger partial charge is 0.307 e. The first kappa shape index (κ1) is 6.86. The third-order valence-electron chi connectivity index (χ3n) is 2.21. The molecule has 1 heteroatoms. The SMILES string of the molecule is Cc1ccc([C@H]2CN2)c(C)c1. The van der Waals surface area contributed by atoms with E-state index in [0.717, 1.165) is 6.54 Å². The summed E-state index contributed by atoms with van der Waals surface area (Å²) >= 11 is 0. The zero-order valence-electron chi connectivity index (χ0n) is 7.02. The molecule has 0 radical (unpaired) electrons. The molecule has 1 aliphatic rings. The fraction of sp³-hybridized carbons (Fsp3) is 0.400. The van der Waals surface area contributed by atoms with Crippen molar-refractivity contribution in [1.82, 2.24) is 5.32 Å². The van der Waals surface area contributed by atoms with Crippen LogP contribution in [0.3, 0.4) is 0 Å². The van der Waals surface area contributed by atoms with E-state index in [1.165, 1.54) is 16.7 Å². The van der Waals surface area contributed by atoms with Crippen LogP contribution in [0.15, 0.2) is 18.2 Å². The predicted molar refractivity (Wildman–Crippen MR) is 46.7 cm³/mol. The van der Waals surface area contributed by atoms with Crippen LogP contribution in [0.2, 0.25) is 0 Å². The van der Waals surface area contributed by atoms with Gasteiger partial charge in [0.2, 0.25) is 0 Å². The lowest BCUT2D eigenvalue weighted by atomic mass is 10.0. The van der Waals surface area contributed by atoms with Gasteiger partial charge < -0.3 is 5.32 Å². The maximum Gasteiger partial charge on any atom is 0.0450 e. The van der Waals surface area contributed by atoms with Crippen molar-refractivity contribution in [3.8, 4) is 0 Å². The average molecular weight is 147 g/mol. The van der Waals surface area contributed by atoms with E-state index in [0.29, 0.717) is 6.04 Å².